The van der Waals surface area contributed by atoms with Gasteiger partial charge in [0.05, 0.1) is 9.52 Å². The summed E-state index contributed by atoms with van der Waals surface area (Å²) in [7, 11) is 10.7. The van der Waals surface area contributed by atoms with Crippen molar-refractivity contribution in [1.29, 1.82) is 0 Å². The summed E-state index contributed by atoms with van der Waals surface area (Å²) in [6.07, 6.45) is 3.69. The number of hydrogen-bond donors (Lipinski definition) is 0. The van der Waals surface area contributed by atoms with Gasteiger partial charge in [0.1, 0.15) is 0 Å². The molecule has 0 saturated heterocycles. The minimum Gasteiger partial charge on any atom is -0.184 e. The molecular weight excluding hydrogens is 671 g/mol. The van der Waals surface area contributed by atoms with E-state index in [1.165, 1.54) is 84.9 Å². The predicted molar refractivity (Wildman–Crippen MR) is 193 cm³/mol. The minimum atomic E-state index is -0.826. The topological polar surface area (TPSA) is 0 Å². The fourth-order valence-electron chi connectivity index (χ4n) is 5.73. The predicted octanol–water partition coefficient (Wildman–Crippen LogP) is 11.0. The molecule has 0 saturated carbocycles. The Bertz CT molecular complexity index is 1630. The minimum absolute atomic E-state index is 0.135. The molecule has 0 fully saturated rings. The van der Waals surface area contributed by atoms with Gasteiger partial charge in [0.2, 0.25) is 0 Å². The van der Waals surface area contributed by atoms with E-state index in [9.17, 15) is 0 Å². The van der Waals surface area contributed by atoms with Gasteiger partial charge in [0, 0.05) is 0 Å². The zero-order valence-corrected chi connectivity index (χ0v) is 32.4. The van der Waals surface area contributed by atoms with Gasteiger partial charge in [-0.05, 0) is 40.9 Å². The van der Waals surface area contributed by atoms with Crippen molar-refractivity contribution in [2.75, 3.05) is 0 Å². The van der Waals surface area contributed by atoms with Crippen molar-refractivity contribution in [2.24, 2.45) is 0 Å². The van der Waals surface area contributed by atoms with Crippen molar-refractivity contribution in [3.63, 3.8) is 0 Å². The standard InChI is InChI=1S/C28H37.C12H7Si.2ClH.Zr/c1-9-10-11-20-14-21-13-12-19(2)26(25(21)15-20)22-16-23(27(3,4)5)18-24(17-22)28(6,7)8;1-3-7-11-9(5-1)10-6-2-4-8-12(10)13-11;;;/h12-18H,9-11H2,1-8H3;1-7H;2*1H;/q2*-1;;;+4/p-2. The average Bonchev–Trinajstić information content (AvgIpc) is 3.57. The SMILES string of the molecule is CCCCc1cc2c(-c3cc(C(C)(C)C)cc(C(C)(C)C)c3)c(C)ccc2[cH-]1.[Cl][Zr+2][Cl].[c-]1cccc2c1[Si]c1ccccc1-2. The van der Waals surface area contributed by atoms with Crippen LogP contribution in [-0.2, 0) is 38.1 Å². The second-order valence-electron chi connectivity index (χ2n) is 13.7. The van der Waals surface area contributed by atoms with E-state index in [1.807, 2.05) is 6.07 Å². The number of benzene rings is 4. The number of hydrogen-bond acceptors (Lipinski definition) is 0. The summed E-state index contributed by atoms with van der Waals surface area (Å²) in [5.41, 5.74) is 11.5. The summed E-state index contributed by atoms with van der Waals surface area (Å²) in [5.74, 6) is 0. The van der Waals surface area contributed by atoms with E-state index in [0.29, 0.717) is 0 Å². The van der Waals surface area contributed by atoms with Gasteiger partial charge in [0.25, 0.3) is 0 Å². The Morgan fingerprint density at radius 2 is 1.45 bits per heavy atom. The van der Waals surface area contributed by atoms with Gasteiger partial charge in [-0.2, -0.15) is 35.5 Å². The van der Waals surface area contributed by atoms with Crippen LogP contribution in [0.2, 0.25) is 0 Å². The average molecular weight is 715 g/mol. The third kappa shape index (κ3) is 8.50. The molecule has 0 unspecified atom stereocenters. The Morgan fingerprint density at radius 1 is 0.818 bits per heavy atom. The van der Waals surface area contributed by atoms with E-state index in [2.05, 4.69) is 140 Å². The molecule has 0 bridgehead atoms. The van der Waals surface area contributed by atoms with Gasteiger partial charge in [-0.3, -0.25) is 0 Å². The second-order valence-corrected chi connectivity index (χ2v) is 18.7. The van der Waals surface area contributed by atoms with Crippen molar-refractivity contribution >= 4 is 47.7 Å². The maximum absolute atomic E-state index is 4.93. The Kier molecular flexibility index (Phi) is 12.1. The number of fused-ring (bicyclic) bond motifs is 4. The van der Waals surface area contributed by atoms with E-state index in [0.717, 1.165) is 9.52 Å². The van der Waals surface area contributed by atoms with Crippen LogP contribution in [0.5, 0.6) is 0 Å². The van der Waals surface area contributed by atoms with Crippen LogP contribution in [0.4, 0.5) is 0 Å². The molecule has 0 atom stereocenters. The summed E-state index contributed by atoms with van der Waals surface area (Å²) >= 11 is -0.826. The number of aryl methyl sites for hydroxylation is 2. The Hall–Kier alpha value is -1.83. The summed E-state index contributed by atoms with van der Waals surface area (Å²) in [4.78, 5) is 0. The second kappa shape index (κ2) is 15.2. The van der Waals surface area contributed by atoms with Crippen LogP contribution in [-0.4, -0.2) is 9.52 Å². The molecule has 44 heavy (non-hydrogen) atoms. The van der Waals surface area contributed by atoms with Crippen molar-refractivity contribution < 1.29 is 20.8 Å². The molecule has 1 aliphatic heterocycles. The van der Waals surface area contributed by atoms with E-state index in [4.69, 9.17) is 17.0 Å². The Morgan fingerprint density at radius 3 is 2.09 bits per heavy atom. The van der Waals surface area contributed by atoms with Gasteiger partial charge in [-0.25, -0.2) is 0 Å². The quantitative estimate of drug-likeness (QED) is 0.126. The molecule has 1 heterocycles. The van der Waals surface area contributed by atoms with E-state index in [1.54, 1.807) is 0 Å². The van der Waals surface area contributed by atoms with Crippen LogP contribution in [0.25, 0.3) is 33.0 Å². The molecule has 4 heteroatoms. The molecule has 5 aromatic carbocycles. The van der Waals surface area contributed by atoms with Gasteiger partial charge in [-0.1, -0.05) is 126 Å². The number of unbranched alkanes of at least 4 members (excludes halogenated alkanes) is 1. The molecule has 0 aromatic heterocycles. The molecule has 1 aliphatic rings. The summed E-state index contributed by atoms with van der Waals surface area (Å²) in [6.45, 7) is 18.4. The molecule has 0 aliphatic carbocycles. The zero-order chi connectivity index (χ0) is 32.1. The molecule has 0 spiro atoms. The molecule has 0 N–H and O–H groups in total. The summed E-state index contributed by atoms with van der Waals surface area (Å²) < 4.78 is 0. The first kappa shape index (κ1) is 35.0. The fourth-order valence-corrected chi connectivity index (χ4v) is 7.04. The van der Waals surface area contributed by atoms with Gasteiger partial charge >= 0.3 is 37.9 Å². The van der Waals surface area contributed by atoms with Crippen molar-refractivity contribution in [3.8, 4) is 22.3 Å². The number of halogens is 2. The van der Waals surface area contributed by atoms with Gasteiger partial charge in [-0.15, -0.1) is 40.1 Å². The first-order valence-electron chi connectivity index (χ1n) is 15.6. The monoisotopic (exact) mass is 712 g/mol. The van der Waals surface area contributed by atoms with Crippen LogP contribution in [0.3, 0.4) is 0 Å². The van der Waals surface area contributed by atoms with E-state index < -0.39 is 20.8 Å². The third-order valence-electron chi connectivity index (χ3n) is 8.26. The Balaban J connectivity index is 0.000000226. The van der Waals surface area contributed by atoms with Crippen LogP contribution in [0, 0.1) is 13.0 Å². The molecule has 0 amide bonds. The largest absolute Gasteiger partial charge is 0.184 e. The molecule has 6 rings (SSSR count). The van der Waals surface area contributed by atoms with Crippen molar-refractivity contribution in [3.05, 3.63) is 113 Å². The van der Waals surface area contributed by atoms with E-state index in [-0.39, 0.29) is 10.8 Å². The van der Waals surface area contributed by atoms with Crippen LogP contribution in [0.1, 0.15) is 83.6 Å². The molecule has 226 valence electrons. The van der Waals surface area contributed by atoms with Gasteiger partial charge in [0.15, 0.2) is 0 Å². The van der Waals surface area contributed by atoms with Gasteiger partial charge < -0.3 is 0 Å². The molecular formula is C40H44Cl2SiZr. The third-order valence-corrected chi connectivity index (χ3v) is 9.63. The van der Waals surface area contributed by atoms with E-state index >= 15 is 0 Å². The normalized spacial score (nSPS) is 12.0. The maximum atomic E-state index is 4.93. The Labute approximate surface area is 287 Å². The van der Waals surface area contributed by atoms with Crippen molar-refractivity contribution in [1.82, 2.24) is 0 Å². The molecule has 2 radical (unpaired) electrons. The summed E-state index contributed by atoms with van der Waals surface area (Å²) in [5, 5.41) is 5.62. The molecule has 5 aromatic rings. The fraction of sp³-hybridized carbons (Fsp3) is 0.325. The van der Waals surface area contributed by atoms with Crippen LogP contribution in [0.15, 0.2) is 84.9 Å². The first-order valence-corrected chi connectivity index (χ1v) is 22.9. The summed E-state index contributed by atoms with van der Waals surface area (Å²) in [6, 6.07) is 34.9. The number of rotatable bonds is 4. The van der Waals surface area contributed by atoms with Crippen LogP contribution >= 0.6 is 17.0 Å². The van der Waals surface area contributed by atoms with Crippen molar-refractivity contribution in [2.45, 2.75) is 85.5 Å². The molecule has 0 nitrogen and oxygen atoms in total. The smallest absolute Gasteiger partial charge is 0.0920 e. The van der Waals surface area contributed by atoms with Crippen LogP contribution < -0.4 is 10.4 Å². The maximum Gasteiger partial charge on any atom is 0.0920 e. The zero-order valence-electron chi connectivity index (χ0n) is 27.5. The first-order chi connectivity index (χ1) is 20.9.